The van der Waals surface area contributed by atoms with Gasteiger partial charge in [-0.2, -0.15) is 0 Å². The van der Waals surface area contributed by atoms with Crippen LogP contribution in [0.3, 0.4) is 0 Å². The molecule has 3 N–H and O–H groups in total. The highest BCUT2D eigenvalue weighted by atomic mass is 32.1. The van der Waals surface area contributed by atoms with Crippen LogP contribution in [0.15, 0.2) is 66.0 Å². The Morgan fingerprint density at radius 3 is 2.49 bits per heavy atom. The van der Waals surface area contributed by atoms with Gasteiger partial charge < -0.3 is 25.6 Å². The van der Waals surface area contributed by atoms with Gasteiger partial charge in [0.05, 0.1) is 25.3 Å². The average molecular weight is 557 g/mol. The van der Waals surface area contributed by atoms with E-state index < -0.39 is 55.6 Å². The van der Waals surface area contributed by atoms with Crippen molar-refractivity contribution in [3.63, 3.8) is 0 Å². The van der Waals surface area contributed by atoms with E-state index in [0.717, 1.165) is 4.90 Å². The quantitative estimate of drug-likeness (QED) is 0.313. The summed E-state index contributed by atoms with van der Waals surface area (Å²) in [6.45, 7) is -2.37. The molecule has 9 nitrogen and oxygen atoms in total. The van der Waals surface area contributed by atoms with Crippen molar-refractivity contribution in [2.45, 2.75) is 24.7 Å². The molecule has 39 heavy (non-hydrogen) atoms. The fourth-order valence-electron chi connectivity index (χ4n) is 4.10. The number of likely N-dealkylation sites (tertiary alicyclic amines) is 1. The van der Waals surface area contributed by atoms with E-state index in [2.05, 4.69) is 16.0 Å². The Hall–Kier alpha value is -4.32. The Morgan fingerprint density at radius 2 is 1.79 bits per heavy atom. The number of halogens is 2. The maximum Gasteiger partial charge on any atom is 0.251 e. The predicted molar refractivity (Wildman–Crippen MR) is 141 cm³/mol. The predicted octanol–water partition coefficient (Wildman–Crippen LogP) is 3.43. The van der Waals surface area contributed by atoms with Crippen LogP contribution in [0.1, 0.15) is 21.7 Å². The number of carbonyl (C=O) groups is 4. The minimum absolute atomic E-state index is 0.0815. The van der Waals surface area contributed by atoms with E-state index in [0.29, 0.717) is 28.5 Å². The molecule has 0 unspecified atom stereocenters. The molecule has 0 radical (unpaired) electrons. The van der Waals surface area contributed by atoms with Crippen LogP contribution in [0.4, 0.5) is 14.5 Å². The van der Waals surface area contributed by atoms with Crippen LogP contribution < -0.4 is 20.7 Å². The van der Waals surface area contributed by atoms with E-state index >= 15 is 0 Å². The van der Waals surface area contributed by atoms with Gasteiger partial charge >= 0.3 is 0 Å². The third-order valence-electron chi connectivity index (χ3n) is 6.06. The maximum atomic E-state index is 14.9. The molecular weight excluding hydrogens is 530 g/mol. The largest absolute Gasteiger partial charge is 0.457 e. The summed E-state index contributed by atoms with van der Waals surface area (Å²) in [5.74, 6) is -0.755. The number of carbonyl (C=O) groups excluding carboxylic acids is 4. The number of hydrogen-bond donors (Lipinski definition) is 3. The number of ether oxygens (including phenoxy) is 1. The standard InChI is InChI=1S/C27H26F2N4O5S/c28-15-27(29)11-23(26(37)30-12-22-10-19(14-39-22)32-17-34)33(16-27)24(35)13-31-25(36)18-6-8-21(9-7-18)38-20-4-2-1-3-5-20/h1-10,14,17,23H,11-13,15-16H2,(H,30,37)(H,31,36)(H,32,34)/t23-,27-/m0/s1. The summed E-state index contributed by atoms with van der Waals surface area (Å²) < 4.78 is 34.0. The van der Waals surface area contributed by atoms with Crippen molar-refractivity contribution in [1.29, 1.82) is 0 Å². The first-order valence-corrected chi connectivity index (χ1v) is 12.9. The molecule has 0 bridgehead atoms. The molecule has 1 fully saturated rings. The van der Waals surface area contributed by atoms with Crippen LogP contribution in [0.25, 0.3) is 0 Å². The smallest absolute Gasteiger partial charge is 0.251 e. The van der Waals surface area contributed by atoms with Crippen LogP contribution >= 0.6 is 11.3 Å². The maximum absolute atomic E-state index is 14.9. The van der Waals surface area contributed by atoms with E-state index in [9.17, 15) is 28.0 Å². The molecule has 2 atom stereocenters. The Balaban J connectivity index is 1.33. The van der Waals surface area contributed by atoms with E-state index in [4.69, 9.17) is 4.74 Å². The molecule has 2 aromatic carbocycles. The molecule has 1 saturated heterocycles. The van der Waals surface area contributed by atoms with Gasteiger partial charge in [-0.15, -0.1) is 11.3 Å². The molecule has 3 aromatic rings. The Kier molecular flexibility index (Phi) is 8.87. The highest BCUT2D eigenvalue weighted by Gasteiger charge is 2.49. The number of para-hydroxylation sites is 1. The second kappa shape index (κ2) is 12.5. The number of thiophene rings is 1. The number of nitrogens with one attached hydrogen (secondary N) is 3. The SMILES string of the molecule is O=CNc1csc(CNC(=O)[C@@H]2C[C@](F)(CF)CN2C(=O)CNC(=O)c2ccc(Oc3ccccc3)cc2)c1. The van der Waals surface area contributed by atoms with E-state index in [1.165, 1.54) is 23.5 Å². The lowest BCUT2D eigenvalue weighted by Crippen LogP contribution is -2.49. The van der Waals surface area contributed by atoms with Crippen molar-refractivity contribution in [3.8, 4) is 11.5 Å². The summed E-state index contributed by atoms with van der Waals surface area (Å²) in [5, 5.41) is 9.27. The topological polar surface area (TPSA) is 117 Å². The van der Waals surface area contributed by atoms with E-state index in [-0.39, 0.29) is 12.1 Å². The lowest BCUT2D eigenvalue weighted by Gasteiger charge is -2.24. The number of amides is 4. The summed E-state index contributed by atoms with van der Waals surface area (Å²) in [4.78, 5) is 50.5. The molecule has 12 heteroatoms. The van der Waals surface area contributed by atoms with E-state index in [1.807, 2.05) is 18.2 Å². The van der Waals surface area contributed by atoms with Crippen molar-refractivity contribution in [2.24, 2.45) is 0 Å². The van der Waals surface area contributed by atoms with Gasteiger partial charge in [-0.3, -0.25) is 19.2 Å². The number of benzene rings is 2. The lowest BCUT2D eigenvalue weighted by atomic mass is 10.0. The molecular formula is C27H26F2N4O5S. The van der Waals surface area contributed by atoms with Gasteiger partial charge in [-0.1, -0.05) is 18.2 Å². The van der Waals surface area contributed by atoms with E-state index in [1.54, 1.807) is 35.7 Å². The first-order valence-electron chi connectivity index (χ1n) is 12.0. The van der Waals surface area contributed by atoms with Crippen LogP contribution in [0.2, 0.25) is 0 Å². The van der Waals surface area contributed by atoms with Gasteiger partial charge in [0.1, 0.15) is 24.2 Å². The molecule has 204 valence electrons. The third kappa shape index (κ3) is 7.17. The number of hydrogen-bond acceptors (Lipinski definition) is 6. The van der Waals surface area contributed by atoms with Crippen molar-refractivity contribution < 1.29 is 32.7 Å². The van der Waals surface area contributed by atoms with Gasteiger partial charge in [-0.25, -0.2) is 8.78 Å². The van der Waals surface area contributed by atoms with Crippen molar-refractivity contribution in [1.82, 2.24) is 15.5 Å². The molecule has 0 saturated carbocycles. The number of anilines is 1. The zero-order valence-corrected chi connectivity index (χ0v) is 21.5. The fourth-order valence-corrected chi connectivity index (χ4v) is 4.86. The molecule has 4 amide bonds. The Labute approximate surface area is 227 Å². The first-order chi connectivity index (χ1) is 18.8. The number of alkyl halides is 2. The molecule has 2 heterocycles. The summed E-state index contributed by atoms with van der Waals surface area (Å²) in [6, 6.07) is 15.8. The van der Waals surface area contributed by atoms with Crippen molar-refractivity contribution >= 4 is 41.2 Å². The summed E-state index contributed by atoms with van der Waals surface area (Å²) in [7, 11) is 0. The normalized spacial score (nSPS) is 18.3. The van der Waals surface area contributed by atoms with Gasteiger partial charge in [0.25, 0.3) is 5.91 Å². The highest BCUT2D eigenvalue weighted by Crippen LogP contribution is 2.32. The second-order valence-corrected chi connectivity index (χ2v) is 9.93. The molecule has 4 rings (SSSR count). The zero-order chi connectivity index (χ0) is 27.8. The lowest BCUT2D eigenvalue weighted by molar-refractivity contribution is -0.137. The Morgan fingerprint density at radius 1 is 1.08 bits per heavy atom. The summed E-state index contributed by atoms with van der Waals surface area (Å²) >= 11 is 1.29. The second-order valence-electron chi connectivity index (χ2n) is 8.93. The summed E-state index contributed by atoms with van der Waals surface area (Å²) in [5.41, 5.74) is -1.53. The molecule has 1 aliphatic rings. The first kappa shape index (κ1) is 27.7. The minimum atomic E-state index is -2.36. The highest BCUT2D eigenvalue weighted by molar-refractivity contribution is 7.10. The van der Waals surface area contributed by atoms with Crippen molar-refractivity contribution in [2.75, 3.05) is 25.1 Å². The molecule has 0 spiro atoms. The Bertz CT molecular complexity index is 1320. The molecule has 1 aliphatic heterocycles. The van der Waals surface area contributed by atoms with Crippen LogP contribution in [0.5, 0.6) is 11.5 Å². The van der Waals surface area contributed by atoms with Crippen LogP contribution in [0, 0.1) is 0 Å². The monoisotopic (exact) mass is 556 g/mol. The van der Waals surface area contributed by atoms with Crippen molar-refractivity contribution in [3.05, 3.63) is 76.5 Å². The summed E-state index contributed by atoms with van der Waals surface area (Å²) in [6.07, 6.45) is 0.0266. The van der Waals surface area contributed by atoms with Crippen LogP contribution in [-0.4, -0.2) is 60.5 Å². The van der Waals surface area contributed by atoms with Crippen LogP contribution in [-0.2, 0) is 20.9 Å². The van der Waals surface area contributed by atoms with Gasteiger partial charge in [0.2, 0.25) is 18.2 Å². The minimum Gasteiger partial charge on any atom is -0.457 e. The van der Waals surface area contributed by atoms with Gasteiger partial charge in [0, 0.05) is 22.2 Å². The molecule has 0 aliphatic carbocycles. The third-order valence-corrected chi connectivity index (χ3v) is 7.00. The zero-order valence-electron chi connectivity index (χ0n) is 20.7. The number of nitrogens with zero attached hydrogens (tertiary/aromatic N) is 1. The van der Waals surface area contributed by atoms with Gasteiger partial charge in [0.15, 0.2) is 5.67 Å². The number of rotatable bonds is 11. The molecule has 1 aromatic heterocycles. The fraction of sp³-hybridized carbons (Fsp3) is 0.259. The van der Waals surface area contributed by atoms with Gasteiger partial charge in [-0.05, 0) is 42.5 Å². The average Bonchev–Trinajstić information content (AvgIpc) is 3.56.